The molecule has 0 saturated heterocycles. The van der Waals surface area contributed by atoms with Crippen molar-refractivity contribution in [3.8, 4) is 5.75 Å². The van der Waals surface area contributed by atoms with E-state index in [9.17, 15) is 4.79 Å². The normalized spacial score (nSPS) is 10.7. The maximum atomic E-state index is 12.3. The highest BCUT2D eigenvalue weighted by atomic mass is 16.5. The molecule has 1 heterocycles. The Kier molecular flexibility index (Phi) is 4.00. The van der Waals surface area contributed by atoms with Crippen LogP contribution in [0.3, 0.4) is 0 Å². The molecule has 0 aliphatic heterocycles. The van der Waals surface area contributed by atoms with Gasteiger partial charge in [-0.3, -0.25) is 4.79 Å². The number of methoxy groups -OCH3 is 1. The minimum atomic E-state index is 0.0544. The van der Waals surface area contributed by atoms with Gasteiger partial charge in [-0.05, 0) is 12.1 Å². The molecule has 4 nitrogen and oxygen atoms in total. The van der Waals surface area contributed by atoms with Crippen LogP contribution < -0.4 is 4.74 Å². The Balaban J connectivity index is 2.18. The van der Waals surface area contributed by atoms with E-state index >= 15 is 0 Å². The van der Waals surface area contributed by atoms with Gasteiger partial charge in [-0.25, -0.2) is 4.98 Å². The Morgan fingerprint density at radius 2 is 2.21 bits per heavy atom. The van der Waals surface area contributed by atoms with Crippen molar-refractivity contribution in [2.45, 2.75) is 26.3 Å². The second kappa shape index (κ2) is 5.69. The van der Waals surface area contributed by atoms with Crippen LogP contribution in [0.4, 0.5) is 0 Å². The quantitative estimate of drug-likeness (QED) is 0.774. The van der Waals surface area contributed by atoms with E-state index in [2.05, 4.69) is 18.8 Å². The number of aromatic nitrogens is 2. The van der Waals surface area contributed by atoms with Crippen molar-refractivity contribution in [2.75, 3.05) is 7.11 Å². The molecule has 0 aliphatic carbocycles. The first-order chi connectivity index (χ1) is 9.11. The molecule has 0 amide bonds. The molecule has 0 N–H and O–H groups in total. The van der Waals surface area contributed by atoms with Gasteiger partial charge in [0.15, 0.2) is 5.78 Å². The summed E-state index contributed by atoms with van der Waals surface area (Å²) in [5.41, 5.74) is 0.655. The summed E-state index contributed by atoms with van der Waals surface area (Å²) in [6, 6.07) is 7.21. The number of hydrogen-bond acceptors (Lipinski definition) is 3. The molecule has 0 unspecified atom stereocenters. The SMILES string of the molecule is COc1cccc(C(=O)Cn2ccnc2C(C)C)c1. The summed E-state index contributed by atoms with van der Waals surface area (Å²) in [6.07, 6.45) is 3.57. The van der Waals surface area contributed by atoms with Crippen LogP contribution in [0.15, 0.2) is 36.7 Å². The van der Waals surface area contributed by atoms with E-state index in [1.54, 1.807) is 25.4 Å². The van der Waals surface area contributed by atoms with Gasteiger partial charge in [-0.1, -0.05) is 26.0 Å². The summed E-state index contributed by atoms with van der Waals surface area (Å²) in [7, 11) is 1.59. The fraction of sp³-hybridized carbons (Fsp3) is 0.333. The second-order valence-corrected chi connectivity index (χ2v) is 4.72. The number of carbonyl (C=O) groups excluding carboxylic acids is 1. The molecular formula is C15H18N2O2. The van der Waals surface area contributed by atoms with Crippen molar-refractivity contribution >= 4 is 5.78 Å². The third-order valence-corrected chi connectivity index (χ3v) is 2.97. The molecule has 0 atom stereocenters. The van der Waals surface area contributed by atoms with Crippen LogP contribution in [0, 0.1) is 0 Å². The van der Waals surface area contributed by atoms with Crippen molar-refractivity contribution in [1.82, 2.24) is 9.55 Å². The number of Topliss-reactive ketones (excluding diaryl/α,β-unsaturated/α-hetero) is 1. The Morgan fingerprint density at radius 1 is 1.42 bits per heavy atom. The largest absolute Gasteiger partial charge is 0.497 e. The lowest BCUT2D eigenvalue weighted by molar-refractivity contribution is 0.0970. The second-order valence-electron chi connectivity index (χ2n) is 4.72. The fourth-order valence-electron chi connectivity index (χ4n) is 2.00. The van der Waals surface area contributed by atoms with Crippen LogP contribution in [0.1, 0.15) is 35.9 Å². The Morgan fingerprint density at radius 3 is 2.89 bits per heavy atom. The number of ether oxygens (including phenoxy) is 1. The maximum Gasteiger partial charge on any atom is 0.182 e. The Hall–Kier alpha value is -2.10. The van der Waals surface area contributed by atoms with Gasteiger partial charge in [0.1, 0.15) is 11.6 Å². The van der Waals surface area contributed by atoms with Crippen molar-refractivity contribution < 1.29 is 9.53 Å². The molecule has 0 fully saturated rings. The molecule has 2 rings (SSSR count). The zero-order valence-electron chi connectivity index (χ0n) is 11.5. The highest BCUT2D eigenvalue weighted by molar-refractivity contribution is 5.96. The summed E-state index contributed by atoms with van der Waals surface area (Å²) in [5, 5.41) is 0. The third kappa shape index (κ3) is 3.02. The zero-order valence-corrected chi connectivity index (χ0v) is 11.5. The standard InChI is InChI=1S/C15H18N2O2/c1-11(2)15-16-7-8-17(15)10-14(18)12-5-4-6-13(9-12)19-3/h4-9,11H,10H2,1-3H3. The molecule has 19 heavy (non-hydrogen) atoms. The molecule has 1 aromatic carbocycles. The van der Waals surface area contributed by atoms with E-state index in [4.69, 9.17) is 4.74 Å². The van der Waals surface area contributed by atoms with Crippen LogP contribution in [-0.4, -0.2) is 22.4 Å². The van der Waals surface area contributed by atoms with Crippen molar-refractivity contribution in [1.29, 1.82) is 0 Å². The monoisotopic (exact) mass is 258 g/mol. The zero-order chi connectivity index (χ0) is 13.8. The predicted octanol–water partition coefficient (Wildman–Crippen LogP) is 2.90. The summed E-state index contributed by atoms with van der Waals surface area (Å²) in [4.78, 5) is 16.5. The summed E-state index contributed by atoms with van der Waals surface area (Å²) < 4.78 is 7.03. The van der Waals surface area contributed by atoms with E-state index in [0.29, 0.717) is 23.8 Å². The lowest BCUT2D eigenvalue weighted by Gasteiger charge is -2.10. The van der Waals surface area contributed by atoms with Crippen LogP contribution in [0.5, 0.6) is 5.75 Å². The first kappa shape index (κ1) is 13.3. The van der Waals surface area contributed by atoms with Crippen LogP contribution in [-0.2, 0) is 6.54 Å². The lowest BCUT2D eigenvalue weighted by Crippen LogP contribution is -2.13. The van der Waals surface area contributed by atoms with Crippen molar-refractivity contribution in [3.05, 3.63) is 48.0 Å². The molecule has 0 bridgehead atoms. The fourth-order valence-corrected chi connectivity index (χ4v) is 2.00. The predicted molar refractivity (Wildman–Crippen MR) is 73.6 cm³/mol. The van der Waals surface area contributed by atoms with Gasteiger partial charge in [0.05, 0.1) is 13.7 Å². The number of ketones is 1. The molecule has 100 valence electrons. The van der Waals surface area contributed by atoms with Gasteiger partial charge in [0.25, 0.3) is 0 Å². The van der Waals surface area contributed by atoms with Crippen LogP contribution in [0.2, 0.25) is 0 Å². The Labute approximate surface area is 113 Å². The number of carbonyl (C=O) groups is 1. The molecule has 0 saturated carbocycles. The van der Waals surface area contributed by atoms with E-state index in [-0.39, 0.29) is 5.78 Å². The van der Waals surface area contributed by atoms with Crippen molar-refractivity contribution in [2.24, 2.45) is 0 Å². The van der Waals surface area contributed by atoms with Crippen LogP contribution >= 0.6 is 0 Å². The molecule has 2 aromatic rings. The lowest BCUT2D eigenvalue weighted by atomic mass is 10.1. The number of rotatable bonds is 5. The van der Waals surface area contributed by atoms with Gasteiger partial charge in [-0.15, -0.1) is 0 Å². The molecule has 0 radical (unpaired) electrons. The minimum Gasteiger partial charge on any atom is -0.497 e. The van der Waals surface area contributed by atoms with Crippen molar-refractivity contribution in [3.63, 3.8) is 0 Å². The average molecular weight is 258 g/mol. The number of hydrogen-bond donors (Lipinski definition) is 0. The molecule has 1 aromatic heterocycles. The van der Waals surface area contributed by atoms with Gasteiger partial charge < -0.3 is 9.30 Å². The summed E-state index contributed by atoms with van der Waals surface area (Å²) in [6.45, 7) is 4.43. The number of imidazole rings is 1. The maximum absolute atomic E-state index is 12.3. The first-order valence-corrected chi connectivity index (χ1v) is 6.30. The minimum absolute atomic E-state index is 0.0544. The topological polar surface area (TPSA) is 44.1 Å². The van der Waals surface area contributed by atoms with Gasteiger partial charge >= 0.3 is 0 Å². The summed E-state index contributed by atoms with van der Waals surface area (Å²) in [5.74, 6) is 1.98. The van der Waals surface area contributed by atoms with E-state index < -0.39 is 0 Å². The average Bonchev–Trinajstić information content (AvgIpc) is 2.87. The Bertz CT molecular complexity index is 573. The molecular weight excluding hydrogens is 240 g/mol. The number of benzene rings is 1. The van der Waals surface area contributed by atoms with Gasteiger partial charge in [0, 0.05) is 23.9 Å². The number of nitrogens with zero attached hydrogens (tertiary/aromatic N) is 2. The molecule has 0 aliphatic rings. The highest BCUT2D eigenvalue weighted by Crippen LogP contribution is 2.16. The van der Waals surface area contributed by atoms with E-state index in [0.717, 1.165) is 5.82 Å². The van der Waals surface area contributed by atoms with E-state index in [1.165, 1.54) is 0 Å². The van der Waals surface area contributed by atoms with Gasteiger partial charge in [0.2, 0.25) is 0 Å². The van der Waals surface area contributed by atoms with E-state index in [1.807, 2.05) is 22.9 Å². The third-order valence-electron chi connectivity index (χ3n) is 2.97. The summed E-state index contributed by atoms with van der Waals surface area (Å²) >= 11 is 0. The molecule has 4 heteroatoms. The van der Waals surface area contributed by atoms with Crippen LogP contribution in [0.25, 0.3) is 0 Å². The van der Waals surface area contributed by atoms with Gasteiger partial charge in [-0.2, -0.15) is 0 Å². The smallest absolute Gasteiger partial charge is 0.182 e. The first-order valence-electron chi connectivity index (χ1n) is 6.30. The molecule has 0 spiro atoms. The highest BCUT2D eigenvalue weighted by Gasteiger charge is 2.12.